The van der Waals surface area contributed by atoms with Gasteiger partial charge in [-0.1, -0.05) is 0 Å². The lowest BCUT2D eigenvalue weighted by molar-refractivity contribution is -0.117. The molecule has 0 spiro atoms. The van der Waals surface area contributed by atoms with Gasteiger partial charge >= 0.3 is 0 Å². The van der Waals surface area contributed by atoms with Gasteiger partial charge in [0.05, 0.1) is 3.57 Å². The fourth-order valence-corrected chi connectivity index (χ4v) is 2.51. The molecule has 1 aliphatic rings. The highest BCUT2D eigenvalue weighted by atomic mass is 127. The number of hydrogen-bond acceptors (Lipinski definition) is 2. The van der Waals surface area contributed by atoms with Crippen molar-refractivity contribution in [3.63, 3.8) is 0 Å². The maximum Gasteiger partial charge on any atom is 0.228 e. The van der Waals surface area contributed by atoms with Crippen LogP contribution in [0.4, 0.5) is 5.82 Å². The molecular weight excluding hydrogens is 326 g/mol. The van der Waals surface area contributed by atoms with Gasteiger partial charge in [-0.3, -0.25) is 9.69 Å². The quantitative estimate of drug-likeness (QED) is 0.613. The first-order chi connectivity index (χ1) is 7.22. The summed E-state index contributed by atoms with van der Waals surface area (Å²) in [4.78, 5) is 17.7. The van der Waals surface area contributed by atoms with Crippen LogP contribution in [0.15, 0.2) is 18.3 Å². The summed E-state index contributed by atoms with van der Waals surface area (Å²) in [5, 5.41) is 0. The second-order valence-corrected chi connectivity index (χ2v) is 5.01. The van der Waals surface area contributed by atoms with E-state index in [2.05, 4.69) is 27.6 Å². The maximum absolute atomic E-state index is 11.7. The zero-order valence-electron chi connectivity index (χ0n) is 7.99. The van der Waals surface area contributed by atoms with Gasteiger partial charge in [0.1, 0.15) is 5.82 Å². The van der Waals surface area contributed by atoms with E-state index in [1.807, 2.05) is 12.1 Å². The molecule has 2 heterocycles. The van der Waals surface area contributed by atoms with Gasteiger partial charge in [0.25, 0.3) is 0 Å². The predicted molar refractivity (Wildman–Crippen MR) is 68.1 cm³/mol. The predicted octanol–water partition coefficient (Wildman–Crippen LogP) is 2.28. The highest BCUT2D eigenvalue weighted by molar-refractivity contribution is 14.1. The van der Waals surface area contributed by atoms with Gasteiger partial charge in [0.15, 0.2) is 0 Å². The van der Waals surface area contributed by atoms with Crippen molar-refractivity contribution >= 4 is 45.9 Å². The van der Waals surface area contributed by atoms with Crippen molar-refractivity contribution in [3.8, 4) is 0 Å². The Kier molecular flexibility index (Phi) is 3.45. The number of aromatic nitrogens is 1. The van der Waals surface area contributed by atoms with E-state index in [9.17, 15) is 4.79 Å². The molecular formula is C10H10ClIN2O. The van der Waals surface area contributed by atoms with Gasteiger partial charge in [0, 0.05) is 25.0 Å². The summed E-state index contributed by atoms with van der Waals surface area (Å²) in [5.74, 6) is 1.68. The first-order valence-electron chi connectivity index (χ1n) is 4.69. The number of hydrogen-bond donors (Lipinski definition) is 0. The van der Waals surface area contributed by atoms with Gasteiger partial charge in [-0.05, 0) is 40.6 Å². The van der Waals surface area contributed by atoms with E-state index in [0.29, 0.717) is 18.8 Å². The Labute approximate surface area is 107 Å². The van der Waals surface area contributed by atoms with Crippen LogP contribution in [-0.2, 0) is 4.79 Å². The molecule has 1 amide bonds. The zero-order valence-corrected chi connectivity index (χ0v) is 10.9. The minimum absolute atomic E-state index is 0.122. The number of amides is 1. The molecule has 80 valence electrons. The number of carbonyl (C=O) groups is 1. The van der Waals surface area contributed by atoms with Crippen LogP contribution in [0.5, 0.6) is 0 Å². The first kappa shape index (κ1) is 11.1. The number of anilines is 1. The van der Waals surface area contributed by atoms with Gasteiger partial charge in [-0.15, -0.1) is 11.6 Å². The summed E-state index contributed by atoms with van der Waals surface area (Å²) >= 11 is 7.95. The van der Waals surface area contributed by atoms with Gasteiger partial charge < -0.3 is 0 Å². The molecule has 1 aliphatic heterocycles. The fourth-order valence-electron chi connectivity index (χ4n) is 1.67. The minimum Gasteiger partial charge on any atom is -0.296 e. The zero-order chi connectivity index (χ0) is 10.8. The van der Waals surface area contributed by atoms with Gasteiger partial charge in [-0.25, -0.2) is 4.98 Å². The topological polar surface area (TPSA) is 33.2 Å². The van der Waals surface area contributed by atoms with Crippen molar-refractivity contribution in [2.75, 3.05) is 17.3 Å². The van der Waals surface area contributed by atoms with Crippen molar-refractivity contribution < 1.29 is 4.79 Å². The maximum atomic E-state index is 11.7. The molecule has 2 rings (SSSR count). The lowest BCUT2D eigenvalue weighted by Crippen LogP contribution is -2.26. The van der Waals surface area contributed by atoms with Gasteiger partial charge in [-0.2, -0.15) is 0 Å². The standard InChI is InChI=1S/C10H10ClIN2O/c11-5-7-4-9(15)14(6-7)10-8(12)2-1-3-13-10/h1-3,7H,4-6H2. The van der Waals surface area contributed by atoms with Crippen molar-refractivity contribution in [1.29, 1.82) is 0 Å². The van der Waals surface area contributed by atoms with E-state index in [-0.39, 0.29) is 11.8 Å². The van der Waals surface area contributed by atoms with E-state index in [1.165, 1.54) is 0 Å². The number of rotatable bonds is 2. The van der Waals surface area contributed by atoms with Crippen LogP contribution in [0.25, 0.3) is 0 Å². The monoisotopic (exact) mass is 336 g/mol. The van der Waals surface area contributed by atoms with Crippen molar-refractivity contribution in [3.05, 3.63) is 21.9 Å². The molecule has 0 aliphatic carbocycles. The van der Waals surface area contributed by atoms with Crippen LogP contribution in [-0.4, -0.2) is 23.3 Å². The van der Waals surface area contributed by atoms with E-state index in [0.717, 1.165) is 9.39 Å². The third-order valence-electron chi connectivity index (χ3n) is 2.42. The Bertz CT molecular complexity index is 385. The Hall–Kier alpha value is -0.360. The fraction of sp³-hybridized carbons (Fsp3) is 0.400. The van der Waals surface area contributed by atoms with Crippen LogP contribution in [0.3, 0.4) is 0 Å². The van der Waals surface area contributed by atoms with E-state index >= 15 is 0 Å². The van der Waals surface area contributed by atoms with Crippen LogP contribution in [0, 0.1) is 9.49 Å². The number of nitrogens with zero attached hydrogens (tertiary/aromatic N) is 2. The van der Waals surface area contributed by atoms with Crippen molar-refractivity contribution in [2.24, 2.45) is 5.92 Å². The Balaban J connectivity index is 2.25. The first-order valence-corrected chi connectivity index (χ1v) is 6.30. The molecule has 1 aromatic heterocycles. The number of carbonyl (C=O) groups excluding carboxylic acids is 1. The molecule has 0 bridgehead atoms. The molecule has 0 N–H and O–H groups in total. The third kappa shape index (κ3) is 2.25. The van der Waals surface area contributed by atoms with E-state index in [4.69, 9.17) is 11.6 Å². The second-order valence-electron chi connectivity index (χ2n) is 3.54. The Morgan fingerprint density at radius 3 is 3.07 bits per heavy atom. The SMILES string of the molecule is O=C1CC(CCl)CN1c1ncccc1I. The third-order valence-corrected chi connectivity index (χ3v) is 3.70. The summed E-state index contributed by atoms with van der Waals surface area (Å²) in [6.45, 7) is 0.690. The van der Waals surface area contributed by atoms with Crippen molar-refractivity contribution in [1.82, 2.24) is 4.98 Å². The van der Waals surface area contributed by atoms with Gasteiger partial charge in [0.2, 0.25) is 5.91 Å². The number of pyridine rings is 1. The summed E-state index contributed by atoms with van der Waals surface area (Å²) in [7, 11) is 0. The molecule has 5 heteroatoms. The number of halogens is 2. The molecule has 1 unspecified atom stereocenters. The molecule has 1 atom stereocenters. The Morgan fingerprint density at radius 2 is 2.47 bits per heavy atom. The molecule has 0 radical (unpaired) electrons. The van der Waals surface area contributed by atoms with E-state index < -0.39 is 0 Å². The van der Waals surface area contributed by atoms with Crippen LogP contribution in [0.1, 0.15) is 6.42 Å². The molecule has 15 heavy (non-hydrogen) atoms. The van der Waals surface area contributed by atoms with Crippen LogP contribution >= 0.6 is 34.2 Å². The minimum atomic E-state index is 0.122. The molecule has 0 aromatic carbocycles. The average Bonchev–Trinajstić information content (AvgIpc) is 2.60. The molecule has 0 saturated carbocycles. The molecule has 1 aromatic rings. The second kappa shape index (κ2) is 4.65. The normalized spacial score (nSPS) is 21.1. The summed E-state index contributed by atoms with van der Waals surface area (Å²) < 4.78 is 0.999. The summed E-state index contributed by atoms with van der Waals surface area (Å²) in [6, 6.07) is 3.81. The number of alkyl halides is 1. The average molecular weight is 337 g/mol. The largest absolute Gasteiger partial charge is 0.296 e. The van der Waals surface area contributed by atoms with Crippen LogP contribution < -0.4 is 4.90 Å². The summed E-state index contributed by atoms with van der Waals surface area (Å²) in [5.41, 5.74) is 0. The highest BCUT2D eigenvalue weighted by Crippen LogP contribution is 2.27. The lowest BCUT2D eigenvalue weighted by Gasteiger charge is -2.16. The van der Waals surface area contributed by atoms with Crippen LogP contribution in [0.2, 0.25) is 0 Å². The Morgan fingerprint density at radius 1 is 1.67 bits per heavy atom. The molecule has 3 nitrogen and oxygen atoms in total. The highest BCUT2D eigenvalue weighted by Gasteiger charge is 2.31. The lowest BCUT2D eigenvalue weighted by atomic mass is 10.1. The van der Waals surface area contributed by atoms with E-state index in [1.54, 1.807) is 11.1 Å². The molecule has 1 saturated heterocycles. The molecule has 1 fully saturated rings. The summed E-state index contributed by atoms with van der Waals surface area (Å²) in [6.07, 6.45) is 2.24. The van der Waals surface area contributed by atoms with Crippen molar-refractivity contribution in [2.45, 2.75) is 6.42 Å². The smallest absolute Gasteiger partial charge is 0.228 e.